The molecule has 1 N–H and O–H groups in total. The highest BCUT2D eigenvalue weighted by atomic mass is 19.1. The Morgan fingerprint density at radius 3 is 2.71 bits per heavy atom. The van der Waals surface area contributed by atoms with Gasteiger partial charge in [0.25, 0.3) is 5.91 Å². The van der Waals surface area contributed by atoms with Crippen molar-refractivity contribution < 1.29 is 18.7 Å². The van der Waals surface area contributed by atoms with E-state index < -0.39 is 17.7 Å². The Labute approximate surface area is 120 Å². The lowest BCUT2D eigenvalue weighted by molar-refractivity contribution is 0.0527. The molecular formula is C15H13FN2O3. The Kier molecular flexibility index (Phi) is 4.61. The molecule has 0 saturated carbocycles. The average molecular weight is 288 g/mol. The summed E-state index contributed by atoms with van der Waals surface area (Å²) in [6.45, 7) is 1.88. The van der Waals surface area contributed by atoms with Gasteiger partial charge in [-0.05, 0) is 25.1 Å². The van der Waals surface area contributed by atoms with Crippen LogP contribution in [0.3, 0.4) is 0 Å². The molecule has 0 fully saturated rings. The van der Waals surface area contributed by atoms with Crippen molar-refractivity contribution in [1.82, 2.24) is 4.98 Å². The Hall–Kier alpha value is -2.76. The van der Waals surface area contributed by atoms with Crippen LogP contribution in [-0.2, 0) is 4.74 Å². The van der Waals surface area contributed by atoms with Crippen LogP contribution in [0.5, 0.6) is 0 Å². The quantitative estimate of drug-likeness (QED) is 0.878. The van der Waals surface area contributed by atoms with Crippen LogP contribution < -0.4 is 5.32 Å². The van der Waals surface area contributed by atoms with Gasteiger partial charge >= 0.3 is 5.97 Å². The molecule has 5 nitrogen and oxygen atoms in total. The lowest BCUT2D eigenvalue weighted by atomic mass is 10.1. The highest BCUT2D eigenvalue weighted by Gasteiger charge is 2.17. The molecule has 1 heterocycles. The van der Waals surface area contributed by atoms with Crippen LogP contribution in [-0.4, -0.2) is 23.5 Å². The number of hydrogen-bond donors (Lipinski definition) is 1. The average Bonchev–Trinajstić information content (AvgIpc) is 2.48. The Morgan fingerprint density at radius 2 is 2.00 bits per heavy atom. The summed E-state index contributed by atoms with van der Waals surface area (Å²) in [5.41, 5.74) is 0.227. The highest BCUT2D eigenvalue weighted by molar-refractivity contribution is 6.07. The number of rotatable bonds is 4. The van der Waals surface area contributed by atoms with Gasteiger partial charge in [-0.15, -0.1) is 0 Å². The van der Waals surface area contributed by atoms with Gasteiger partial charge < -0.3 is 10.1 Å². The molecule has 1 amide bonds. The summed E-state index contributed by atoms with van der Waals surface area (Å²) in [5.74, 6) is -1.89. The van der Waals surface area contributed by atoms with E-state index in [1.807, 2.05) is 0 Å². The molecule has 1 aromatic carbocycles. The van der Waals surface area contributed by atoms with E-state index in [4.69, 9.17) is 4.74 Å². The lowest BCUT2D eigenvalue weighted by Gasteiger charge is -2.10. The van der Waals surface area contributed by atoms with Crippen LogP contribution in [0.15, 0.2) is 42.7 Å². The van der Waals surface area contributed by atoms with Crippen LogP contribution in [0.2, 0.25) is 0 Å². The van der Waals surface area contributed by atoms with Gasteiger partial charge in [0.1, 0.15) is 11.4 Å². The molecule has 1 aromatic heterocycles. The number of anilines is 1. The van der Waals surface area contributed by atoms with Gasteiger partial charge in [-0.1, -0.05) is 12.1 Å². The predicted octanol–water partition coefficient (Wildman–Crippen LogP) is 2.65. The van der Waals surface area contributed by atoms with Crippen molar-refractivity contribution in [3.63, 3.8) is 0 Å². The molecule has 2 aromatic rings. The predicted molar refractivity (Wildman–Crippen MR) is 74.5 cm³/mol. The van der Waals surface area contributed by atoms with E-state index in [0.29, 0.717) is 0 Å². The minimum absolute atomic E-state index is 0.107. The Balaban J connectivity index is 2.26. The van der Waals surface area contributed by atoms with Crippen LogP contribution in [0.1, 0.15) is 27.6 Å². The number of esters is 1. The van der Waals surface area contributed by atoms with E-state index in [9.17, 15) is 14.0 Å². The number of carbonyl (C=O) groups is 2. The Bertz CT molecular complexity index is 673. The first-order valence-electron chi connectivity index (χ1n) is 6.30. The van der Waals surface area contributed by atoms with Gasteiger partial charge in [0.2, 0.25) is 0 Å². The minimum Gasteiger partial charge on any atom is -0.462 e. The number of carbonyl (C=O) groups excluding carboxylic acids is 2. The normalized spacial score (nSPS) is 10.0. The summed E-state index contributed by atoms with van der Waals surface area (Å²) in [7, 11) is 0. The number of pyridine rings is 1. The second-order valence-electron chi connectivity index (χ2n) is 4.08. The Morgan fingerprint density at radius 1 is 1.24 bits per heavy atom. The maximum Gasteiger partial charge on any atom is 0.341 e. The molecule has 0 aliphatic rings. The maximum absolute atomic E-state index is 13.6. The molecule has 2 rings (SSSR count). The van der Waals surface area contributed by atoms with Gasteiger partial charge in [0, 0.05) is 12.4 Å². The van der Waals surface area contributed by atoms with Gasteiger partial charge in [-0.3, -0.25) is 9.78 Å². The van der Waals surface area contributed by atoms with E-state index in [1.54, 1.807) is 13.0 Å². The topological polar surface area (TPSA) is 68.3 Å². The number of halogens is 1. The smallest absolute Gasteiger partial charge is 0.341 e. The van der Waals surface area contributed by atoms with Gasteiger partial charge in [0.05, 0.1) is 17.9 Å². The van der Waals surface area contributed by atoms with Crippen LogP contribution in [0.4, 0.5) is 10.1 Å². The van der Waals surface area contributed by atoms with E-state index in [0.717, 1.165) is 0 Å². The summed E-state index contributed by atoms with van der Waals surface area (Å²) in [6.07, 6.45) is 2.70. The van der Waals surface area contributed by atoms with E-state index in [-0.39, 0.29) is 23.4 Å². The highest BCUT2D eigenvalue weighted by Crippen LogP contribution is 2.17. The van der Waals surface area contributed by atoms with Crippen molar-refractivity contribution in [2.45, 2.75) is 6.92 Å². The molecule has 21 heavy (non-hydrogen) atoms. The van der Waals surface area contributed by atoms with Gasteiger partial charge in [-0.25, -0.2) is 9.18 Å². The van der Waals surface area contributed by atoms with Crippen molar-refractivity contribution >= 4 is 17.6 Å². The van der Waals surface area contributed by atoms with Crippen molar-refractivity contribution in [3.8, 4) is 0 Å². The number of nitrogens with zero attached hydrogens (tertiary/aromatic N) is 1. The summed E-state index contributed by atoms with van der Waals surface area (Å²) in [4.78, 5) is 27.6. The van der Waals surface area contributed by atoms with Crippen LogP contribution in [0.25, 0.3) is 0 Å². The van der Waals surface area contributed by atoms with Gasteiger partial charge in [0.15, 0.2) is 0 Å². The fraction of sp³-hybridized carbons (Fsp3) is 0.133. The van der Waals surface area contributed by atoms with Crippen LogP contribution >= 0.6 is 0 Å². The summed E-state index contributed by atoms with van der Waals surface area (Å²) in [6, 6.07) is 7.04. The molecule has 0 aliphatic heterocycles. The third-order valence-electron chi connectivity index (χ3n) is 2.68. The molecule has 0 spiro atoms. The van der Waals surface area contributed by atoms with E-state index >= 15 is 0 Å². The largest absolute Gasteiger partial charge is 0.462 e. The fourth-order valence-electron chi connectivity index (χ4n) is 1.71. The molecule has 108 valence electrons. The molecule has 0 bridgehead atoms. The summed E-state index contributed by atoms with van der Waals surface area (Å²) in [5, 5.41) is 2.49. The number of ether oxygens (including phenoxy) is 1. The molecule has 0 atom stereocenters. The molecule has 0 saturated heterocycles. The van der Waals surface area contributed by atoms with Crippen molar-refractivity contribution in [1.29, 1.82) is 0 Å². The molecule has 0 aliphatic carbocycles. The molecule has 6 heteroatoms. The number of amides is 1. The van der Waals surface area contributed by atoms with Crippen molar-refractivity contribution in [3.05, 3.63) is 59.7 Å². The van der Waals surface area contributed by atoms with Crippen molar-refractivity contribution in [2.24, 2.45) is 0 Å². The lowest BCUT2D eigenvalue weighted by Crippen LogP contribution is -2.17. The number of benzene rings is 1. The zero-order valence-corrected chi connectivity index (χ0v) is 11.3. The standard InChI is InChI=1S/C15H13FN2O3/c1-2-21-15(20)11-9-17-8-7-13(11)18-14(19)10-5-3-4-6-12(10)16/h3-9H,2H2,1H3,(H,17,18,19). The summed E-state index contributed by atoms with van der Waals surface area (Å²) < 4.78 is 18.4. The molecular weight excluding hydrogens is 275 g/mol. The van der Waals surface area contributed by atoms with Crippen molar-refractivity contribution in [2.75, 3.05) is 11.9 Å². The third kappa shape index (κ3) is 3.42. The van der Waals surface area contributed by atoms with Gasteiger partial charge in [-0.2, -0.15) is 0 Å². The first-order chi connectivity index (χ1) is 10.1. The number of aromatic nitrogens is 1. The zero-order valence-electron chi connectivity index (χ0n) is 11.3. The van der Waals surface area contributed by atoms with E-state index in [1.165, 1.54) is 36.7 Å². The third-order valence-corrected chi connectivity index (χ3v) is 2.68. The molecule has 0 unspecified atom stereocenters. The van der Waals surface area contributed by atoms with Crippen LogP contribution in [0, 0.1) is 5.82 Å². The summed E-state index contributed by atoms with van der Waals surface area (Å²) >= 11 is 0. The SMILES string of the molecule is CCOC(=O)c1cnccc1NC(=O)c1ccccc1F. The van der Waals surface area contributed by atoms with E-state index in [2.05, 4.69) is 10.3 Å². The monoisotopic (exact) mass is 288 g/mol. The number of nitrogens with one attached hydrogen (secondary N) is 1. The number of hydrogen-bond acceptors (Lipinski definition) is 4. The fourth-order valence-corrected chi connectivity index (χ4v) is 1.71. The zero-order chi connectivity index (χ0) is 15.2. The first kappa shape index (κ1) is 14.6. The second kappa shape index (κ2) is 6.60. The molecule has 0 radical (unpaired) electrons. The minimum atomic E-state index is -0.648. The first-order valence-corrected chi connectivity index (χ1v) is 6.30. The maximum atomic E-state index is 13.6. The second-order valence-corrected chi connectivity index (χ2v) is 4.08.